The zero-order valence-corrected chi connectivity index (χ0v) is 17.2. The van der Waals surface area contributed by atoms with E-state index in [0.717, 1.165) is 12.0 Å². The van der Waals surface area contributed by atoms with Crippen LogP contribution in [0.15, 0.2) is 54.6 Å². The lowest BCUT2D eigenvalue weighted by Gasteiger charge is -2.29. The summed E-state index contributed by atoms with van der Waals surface area (Å²) in [5.41, 5.74) is 1.54. The van der Waals surface area contributed by atoms with Crippen LogP contribution in [0.3, 0.4) is 0 Å². The first kappa shape index (κ1) is 22.0. The summed E-state index contributed by atoms with van der Waals surface area (Å²) in [6.45, 7) is 4.27. The molecule has 0 saturated carbocycles. The molecule has 0 fully saturated rings. The number of carbonyl (C=O) groups is 2. The van der Waals surface area contributed by atoms with Crippen molar-refractivity contribution in [3.8, 4) is 0 Å². The Morgan fingerprint density at radius 3 is 2.46 bits per heavy atom. The van der Waals surface area contributed by atoms with Crippen LogP contribution in [0.5, 0.6) is 0 Å². The summed E-state index contributed by atoms with van der Waals surface area (Å²) in [6, 6.07) is 15.6. The van der Waals surface area contributed by atoms with Gasteiger partial charge in [-0.2, -0.15) is 0 Å². The highest BCUT2D eigenvalue weighted by Gasteiger charge is 2.26. The van der Waals surface area contributed by atoms with Crippen molar-refractivity contribution in [3.05, 3.63) is 71.5 Å². The summed E-state index contributed by atoms with van der Waals surface area (Å²) in [5, 5.41) is 2.82. The highest BCUT2D eigenvalue weighted by molar-refractivity contribution is 7.99. The molecular weight excluding hydrogens is 375 g/mol. The number of thioether (sulfide) groups is 1. The fourth-order valence-corrected chi connectivity index (χ4v) is 3.57. The third-order valence-corrected chi connectivity index (χ3v) is 5.34. The molecule has 6 heteroatoms. The first-order valence-electron chi connectivity index (χ1n) is 9.45. The van der Waals surface area contributed by atoms with Crippen molar-refractivity contribution in [2.75, 3.05) is 12.3 Å². The molecule has 0 aliphatic rings. The summed E-state index contributed by atoms with van der Waals surface area (Å²) in [4.78, 5) is 26.7. The second-order valence-electron chi connectivity index (χ2n) is 6.56. The van der Waals surface area contributed by atoms with Crippen LogP contribution < -0.4 is 5.32 Å². The van der Waals surface area contributed by atoms with Gasteiger partial charge in [-0.3, -0.25) is 9.59 Å². The van der Waals surface area contributed by atoms with Gasteiger partial charge < -0.3 is 10.2 Å². The summed E-state index contributed by atoms with van der Waals surface area (Å²) >= 11 is 1.49. The van der Waals surface area contributed by atoms with E-state index in [4.69, 9.17) is 0 Å². The molecular formula is C22H27FN2O2S. The fourth-order valence-electron chi connectivity index (χ4n) is 2.70. The highest BCUT2D eigenvalue weighted by Crippen LogP contribution is 2.17. The van der Waals surface area contributed by atoms with Crippen molar-refractivity contribution in [1.29, 1.82) is 0 Å². The monoisotopic (exact) mass is 402 g/mol. The quantitative estimate of drug-likeness (QED) is 0.653. The summed E-state index contributed by atoms with van der Waals surface area (Å²) in [6.07, 6.45) is 0.812. The predicted molar refractivity (Wildman–Crippen MR) is 112 cm³/mol. The zero-order valence-electron chi connectivity index (χ0n) is 16.4. The normalized spacial score (nSPS) is 11.7. The highest BCUT2D eigenvalue weighted by atomic mass is 32.2. The predicted octanol–water partition coefficient (Wildman–Crippen LogP) is 4.00. The van der Waals surface area contributed by atoms with E-state index in [1.807, 2.05) is 37.3 Å². The van der Waals surface area contributed by atoms with Crippen LogP contribution in [0, 0.1) is 5.82 Å². The Balaban J connectivity index is 2.06. The van der Waals surface area contributed by atoms with Gasteiger partial charge in [-0.25, -0.2) is 4.39 Å². The van der Waals surface area contributed by atoms with Crippen molar-refractivity contribution >= 4 is 23.6 Å². The average Bonchev–Trinajstić information content (AvgIpc) is 2.71. The summed E-state index contributed by atoms with van der Waals surface area (Å²) in [5.74, 6) is 0.159. The van der Waals surface area contributed by atoms with Crippen molar-refractivity contribution in [3.63, 3.8) is 0 Å². The number of halogens is 1. The molecule has 1 atom stereocenters. The van der Waals surface area contributed by atoms with E-state index in [-0.39, 0.29) is 29.9 Å². The van der Waals surface area contributed by atoms with Gasteiger partial charge in [0, 0.05) is 24.4 Å². The van der Waals surface area contributed by atoms with Gasteiger partial charge in [0.1, 0.15) is 11.9 Å². The van der Waals surface area contributed by atoms with Crippen molar-refractivity contribution < 1.29 is 14.0 Å². The Kier molecular flexibility index (Phi) is 9.01. The van der Waals surface area contributed by atoms with Crippen LogP contribution in [0.2, 0.25) is 0 Å². The molecule has 0 spiro atoms. The minimum atomic E-state index is -0.670. The van der Waals surface area contributed by atoms with Crippen LogP contribution in [0.25, 0.3) is 0 Å². The van der Waals surface area contributed by atoms with E-state index >= 15 is 0 Å². The first-order valence-corrected chi connectivity index (χ1v) is 10.6. The SMILES string of the molecule is CCCNC(=O)C(C)N(Cc1ccccc1F)C(=O)CSCc1ccccc1. The topological polar surface area (TPSA) is 49.4 Å². The molecule has 1 N–H and O–H groups in total. The maximum atomic E-state index is 14.1. The maximum absolute atomic E-state index is 14.1. The van der Waals surface area contributed by atoms with Crippen LogP contribution >= 0.6 is 11.8 Å². The van der Waals surface area contributed by atoms with Crippen LogP contribution in [-0.2, 0) is 21.9 Å². The summed E-state index contributed by atoms with van der Waals surface area (Å²) in [7, 11) is 0. The van der Waals surface area contributed by atoms with Gasteiger partial charge in [0.25, 0.3) is 0 Å². The van der Waals surface area contributed by atoms with Gasteiger partial charge in [0.2, 0.25) is 11.8 Å². The van der Waals surface area contributed by atoms with Crippen molar-refractivity contribution in [2.45, 2.75) is 38.6 Å². The van der Waals surface area contributed by atoms with Crippen molar-refractivity contribution in [2.24, 2.45) is 0 Å². The number of hydrogen-bond donors (Lipinski definition) is 1. The van der Waals surface area contributed by atoms with E-state index in [1.54, 1.807) is 25.1 Å². The Labute approximate surface area is 170 Å². The molecule has 0 aliphatic heterocycles. The molecule has 2 aromatic carbocycles. The number of hydrogen-bond acceptors (Lipinski definition) is 3. The van der Waals surface area contributed by atoms with Gasteiger partial charge in [0.15, 0.2) is 0 Å². The minimum absolute atomic E-state index is 0.0676. The molecule has 0 radical (unpaired) electrons. The molecule has 0 aliphatic carbocycles. The lowest BCUT2D eigenvalue weighted by Crippen LogP contribution is -2.48. The van der Waals surface area contributed by atoms with E-state index in [2.05, 4.69) is 5.32 Å². The van der Waals surface area contributed by atoms with Crippen LogP contribution in [0.1, 0.15) is 31.4 Å². The number of nitrogens with zero attached hydrogens (tertiary/aromatic N) is 1. The third kappa shape index (κ3) is 6.68. The first-order chi connectivity index (χ1) is 13.5. The molecule has 28 heavy (non-hydrogen) atoms. The summed E-state index contributed by atoms with van der Waals surface area (Å²) < 4.78 is 14.1. The average molecular weight is 403 g/mol. The molecule has 2 rings (SSSR count). The molecule has 2 aromatic rings. The maximum Gasteiger partial charge on any atom is 0.242 e. The third-order valence-electron chi connectivity index (χ3n) is 4.35. The Morgan fingerprint density at radius 1 is 1.11 bits per heavy atom. The van der Waals surface area contributed by atoms with Gasteiger partial charge in [-0.1, -0.05) is 55.5 Å². The molecule has 1 unspecified atom stereocenters. The van der Waals surface area contributed by atoms with E-state index in [1.165, 1.54) is 22.7 Å². The molecule has 2 amide bonds. The smallest absolute Gasteiger partial charge is 0.242 e. The standard InChI is InChI=1S/C22H27FN2O2S/c1-3-13-24-22(27)17(2)25(14-19-11-7-8-12-20(19)23)21(26)16-28-15-18-9-5-4-6-10-18/h4-12,17H,3,13-16H2,1-2H3,(H,24,27). The molecule has 0 heterocycles. The molecule has 4 nitrogen and oxygen atoms in total. The van der Waals surface area contributed by atoms with Gasteiger partial charge in [-0.15, -0.1) is 11.8 Å². The molecule has 0 saturated heterocycles. The molecule has 0 bridgehead atoms. The Bertz CT molecular complexity index is 770. The number of amides is 2. The molecule has 0 aromatic heterocycles. The number of nitrogens with one attached hydrogen (secondary N) is 1. The van der Waals surface area contributed by atoms with Gasteiger partial charge in [0.05, 0.1) is 5.75 Å². The Hall–Kier alpha value is -2.34. The van der Waals surface area contributed by atoms with E-state index in [0.29, 0.717) is 17.9 Å². The molecule has 150 valence electrons. The van der Waals surface area contributed by atoms with E-state index in [9.17, 15) is 14.0 Å². The Morgan fingerprint density at radius 2 is 1.79 bits per heavy atom. The number of carbonyl (C=O) groups excluding carboxylic acids is 2. The minimum Gasteiger partial charge on any atom is -0.354 e. The zero-order chi connectivity index (χ0) is 20.4. The van der Waals surface area contributed by atoms with Gasteiger partial charge in [-0.05, 0) is 25.0 Å². The van der Waals surface area contributed by atoms with Crippen LogP contribution in [0.4, 0.5) is 4.39 Å². The lowest BCUT2D eigenvalue weighted by molar-refractivity contribution is -0.138. The number of benzene rings is 2. The largest absolute Gasteiger partial charge is 0.354 e. The second-order valence-corrected chi connectivity index (χ2v) is 7.54. The fraction of sp³-hybridized carbons (Fsp3) is 0.364. The number of rotatable bonds is 10. The van der Waals surface area contributed by atoms with Crippen LogP contribution in [-0.4, -0.2) is 35.1 Å². The van der Waals surface area contributed by atoms with Gasteiger partial charge >= 0.3 is 0 Å². The van der Waals surface area contributed by atoms with Crippen molar-refractivity contribution in [1.82, 2.24) is 10.2 Å². The lowest BCUT2D eigenvalue weighted by atomic mass is 10.1. The second kappa shape index (κ2) is 11.5. The van der Waals surface area contributed by atoms with E-state index < -0.39 is 6.04 Å².